The van der Waals surface area contributed by atoms with Crippen LogP contribution in [0.1, 0.15) is 55.8 Å². The SMILES string of the molecule is CC(=O)N[C@@H](Cc1cc(F)cc(F)c1)[C@H](O)CNC1CCOc2ccc(C(C)C)cc21. The predicted molar refractivity (Wildman–Crippen MR) is 115 cm³/mol. The second-order valence-corrected chi connectivity index (χ2v) is 8.41. The molecule has 0 saturated carbocycles. The summed E-state index contributed by atoms with van der Waals surface area (Å²) in [6, 6.07) is 8.70. The molecular formula is C24H30F2N2O3. The topological polar surface area (TPSA) is 70.6 Å². The molecule has 5 nitrogen and oxygen atoms in total. The highest BCUT2D eigenvalue weighted by Gasteiger charge is 2.26. The van der Waals surface area contributed by atoms with Gasteiger partial charge in [-0.2, -0.15) is 0 Å². The normalized spacial score (nSPS) is 17.6. The van der Waals surface area contributed by atoms with Gasteiger partial charge in [-0.15, -0.1) is 0 Å². The number of fused-ring (bicyclic) bond motifs is 1. The van der Waals surface area contributed by atoms with Crippen LogP contribution in [0.5, 0.6) is 5.75 Å². The first-order valence-corrected chi connectivity index (χ1v) is 10.6. The van der Waals surface area contributed by atoms with Gasteiger partial charge < -0.3 is 20.5 Å². The molecule has 0 saturated heterocycles. The summed E-state index contributed by atoms with van der Waals surface area (Å²) in [5.41, 5.74) is 2.63. The molecule has 168 valence electrons. The standard InChI is InChI=1S/C24H30F2N2O3/c1-14(2)17-4-5-24-20(11-17)21(6-7-31-24)27-13-23(30)22(28-15(3)29)10-16-8-18(25)12-19(26)9-16/h4-5,8-9,11-12,14,21-23,27,30H,6-7,10,13H2,1-3H3,(H,28,29)/t21?,22-,23+/m0/s1. The van der Waals surface area contributed by atoms with Gasteiger partial charge >= 0.3 is 0 Å². The number of rotatable bonds is 8. The molecule has 3 N–H and O–H groups in total. The molecule has 1 aliphatic heterocycles. The third-order valence-corrected chi connectivity index (χ3v) is 5.54. The molecule has 7 heteroatoms. The Kier molecular flexibility index (Phi) is 7.62. The highest BCUT2D eigenvalue weighted by atomic mass is 19.1. The maximum atomic E-state index is 13.5. The maximum absolute atomic E-state index is 13.5. The molecule has 0 fully saturated rings. The molecule has 0 bridgehead atoms. The van der Waals surface area contributed by atoms with E-state index in [4.69, 9.17) is 4.74 Å². The number of nitrogens with one attached hydrogen (secondary N) is 2. The van der Waals surface area contributed by atoms with Gasteiger partial charge in [0.15, 0.2) is 0 Å². The monoisotopic (exact) mass is 432 g/mol. The first-order chi connectivity index (χ1) is 14.7. The fourth-order valence-electron chi connectivity index (χ4n) is 3.92. The van der Waals surface area contributed by atoms with Crippen LogP contribution in [0.3, 0.4) is 0 Å². The van der Waals surface area contributed by atoms with E-state index in [1.807, 2.05) is 6.07 Å². The highest BCUT2D eigenvalue weighted by Crippen LogP contribution is 2.34. The average Bonchev–Trinajstić information content (AvgIpc) is 2.70. The third kappa shape index (κ3) is 6.24. The lowest BCUT2D eigenvalue weighted by molar-refractivity contribution is -0.120. The number of aliphatic hydroxyl groups is 1. The zero-order valence-corrected chi connectivity index (χ0v) is 18.1. The molecule has 31 heavy (non-hydrogen) atoms. The van der Waals surface area contributed by atoms with Gasteiger partial charge in [0.05, 0.1) is 18.8 Å². The van der Waals surface area contributed by atoms with Crippen LogP contribution < -0.4 is 15.4 Å². The number of carbonyl (C=O) groups excluding carboxylic acids is 1. The van der Waals surface area contributed by atoms with Gasteiger partial charge in [0.25, 0.3) is 0 Å². The summed E-state index contributed by atoms with van der Waals surface area (Å²) in [7, 11) is 0. The van der Waals surface area contributed by atoms with Crippen molar-refractivity contribution in [2.75, 3.05) is 13.2 Å². The van der Waals surface area contributed by atoms with Gasteiger partial charge in [0, 0.05) is 37.6 Å². The van der Waals surface area contributed by atoms with E-state index in [1.54, 1.807) is 0 Å². The number of hydrogen-bond donors (Lipinski definition) is 3. The van der Waals surface area contributed by atoms with Crippen molar-refractivity contribution in [3.05, 3.63) is 64.7 Å². The zero-order valence-electron chi connectivity index (χ0n) is 18.1. The number of halogens is 2. The number of hydrogen-bond acceptors (Lipinski definition) is 4. The lowest BCUT2D eigenvalue weighted by atomic mass is 9.93. The van der Waals surface area contributed by atoms with Crippen molar-refractivity contribution < 1.29 is 23.4 Å². The number of amides is 1. The molecule has 2 aromatic rings. The van der Waals surface area contributed by atoms with Crippen molar-refractivity contribution in [1.29, 1.82) is 0 Å². The Balaban J connectivity index is 1.70. The van der Waals surface area contributed by atoms with Crippen molar-refractivity contribution in [3.8, 4) is 5.75 Å². The Morgan fingerprint density at radius 2 is 1.90 bits per heavy atom. The number of ether oxygens (including phenoxy) is 1. The largest absolute Gasteiger partial charge is 0.493 e. The lowest BCUT2D eigenvalue weighted by Crippen LogP contribution is -2.48. The Morgan fingerprint density at radius 3 is 2.55 bits per heavy atom. The third-order valence-electron chi connectivity index (χ3n) is 5.54. The average molecular weight is 433 g/mol. The van der Waals surface area contributed by atoms with Gasteiger partial charge in [-0.3, -0.25) is 4.79 Å². The minimum atomic E-state index is -0.949. The number of aliphatic hydroxyl groups excluding tert-OH is 1. The van der Waals surface area contributed by atoms with Crippen molar-refractivity contribution in [2.24, 2.45) is 0 Å². The van der Waals surface area contributed by atoms with Gasteiger partial charge in [0.2, 0.25) is 5.91 Å². The van der Waals surface area contributed by atoms with Gasteiger partial charge in [-0.05, 0) is 41.7 Å². The van der Waals surface area contributed by atoms with Crippen LogP contribution >= 0.6 is 0 Å². The molecule has 1 aliphatic rings. The van der Waals surface area contributed by atoms with Crippen molar-refractivity contribution in [3.63, 3.8) is 0 Å². The van der Waals surface area contributed by atoms with Crippen LogP contribution in [0.15, 0.2) is 36.4 Å². The van der Waals surface area contributed by atoms with Crippen molar-refractivity contribution >= 4 is 5.91 Å². The summed E-state index contributed by atoms with van der Waals surface area (Å²) in [5, 5.41) is 16.9. The van der Waals surface area contributed by atoms with Crippen molar-refractivity contribution in [1.82, 2.24) is 10.6 Å². The second kappa shape index (κ2) is 10.2. The predicted octanol–water partition coefficient (Wildman–Crippen LogP) is 3.61. The Morgan fingerprint density at radius 1 is 1.19 bits per heavy atom. The smallest absolute Gasteiger partial charge is 0.217 e. The molecule has 0 radical (unpaired) electrons. The summed E-state index contributed by atoms with van der Waals surface area (Å²) >= 11 is 0. The summed E-state index contributed by atoms with van der Waals surface area (Å²) in [6.07, 6.45) is -0.0880. The van der Waals surface area contributed by atoms with Crippen LogP contribution in [0.4, 0.5) is 8.78 Å². The molecule has 1 heterocycles. The molecule has 3 atom stereocenters. The Hall–Kier alpha value is -2.51. The first kappa shape index (κ1) is 23.2. The zero-order chi connectivity index (χ0) is 22.5. The quantitative estimate of drug-likeness (QED) is 0.596. The van der Waals surface area contributed by atoms with Crippen LogP contribution in [0, 0.1) is 11.6 Å². The fourth-order valence-corrected chi connectivity index (χ4v) is 3.92. The van der Waals surface area contributed by atoms with E-state index >= 15 is 0 Å². The fraction of sp³-hybridized carbons (Fsp3) is 0.458. The summed E-state index contributed by atoms with van der Waals surface area (Å²) in [6.45, 7) is 6.38. The van der Waals surface area contributed by atoms with Crippen LogP contribution in [0.25, 0.3) is 0 Å². The molecule has 2 aromatic carbocycles. The van der Waals surface area contributed by atoms with Gasteiger partial charge in [-0.25, -0.2) is 8.78 Å². The number of carbonyl (C=O) groups is 1. The van der Waals surface area contributed by atoms with E-state index in [0.29, 0.717) is 18.1 Å². The van der Waals surface area contributed by atoms with E-state index in [2.05, 4.69) is 36.6 Å². The minimum absolute atomic E-state index is 0.00157. The molecule has 1 amide bonds. The molecule has 0 aromatic heterocycles. The van der Waals surface area contributed by atoms with Crippen LogP contribution in [-0.4, -0.2) is 36.3 Å². The van der Waals surface area contributed by atoms with E-state index < -0.39 is 23.8 Å². The van der Waals surface area contributed by atoms with Crippen molar-refractivity contribution in [2.45, 2.75) is 57.7 Å². The van der Waals surface area contributed by atoms with E-state index in [1.165, 1.54) is 24.6 Å². The number of benzene rings is 2. The molecule has 1 unspecified atom stereocenters. The maximum Gasteiger partial charge on any atom is 0.217 e. The molecule has 3 rings (SSSR count). The Labute approximate surface area is 181 Å². The van der Waals surface area contributed by atoms with E-state index in [-0.39, 0.29) is 24.9 Å². The molecular weight excluding hydrogens is 402 g/mol. The van der Waals surface area contributed by atoms with Crippen LogP contribution in [-0.2, 0) is 11.2 Å². The van der Waals surface area contributed by atoms with Crippen LogP contribution in [0.2, 0.25) is 0 Å². The second-order valence-electron chi connectivity index (χ2n) is 8.41. The summed E-state index contributed by atoms with van der Waals surface area (Å²) in [4.78, 5) is 11.6. The lowest BCUT2D eigenvalue weighted by Gasteiger charge is -2.30. The van der Waals surface area contributed by atoms with E-state index in [9.17, 15) is 18.7 Å². The minimum Gasteiger partial charge on any atom is -0.493 e. The highest BCUT2D eigenvalue weighted by molar-refractivity contribution is 5.73. The summed E-state index contributed by atoms with van der Waals surface area (Å²) < 4.78 is 32.9. The Bertz CT molecular complexity index is 899. The molecule has 0 spiro atoms. The first-order valence-electron chi connectivity index (χ1n) is 10.6. The molecule has 0 aliphatic carbocycles. The van der Waals surface area contributed by atoms with Gasteiger partial charge in [0.1, 0.15) is 17.4 Å². The van der Waals surface area contributed by atoms with Gasteiger partial charge in [-0.1, -0.05) is 26.0 Å². The summed E-state index contributed by atoms with van der Waals surface area (Å²) in [5.74, 6) is -0.489. The van der Waals surface area contributed by atoms with E-state index in [0.717, 1.165) is 23.8 Å².